The van der Waals surface area contributed by atoms with E-state index in [1.54, 1.807) is 0 Å². The number of nitrogens with one attached hydrogen (secondary N) is 1. The molecule has 3 rings (SSSR count). The van der Waals surface area contributed by atoms with Gasteiger partial charge in [0.2, 0.25) is 0 Å². The van der Waals surface area contributed by atoms with E-state index >= 15 is 0 Å². The molecular formula is C16H28N2O. The van der Waals surface area contributed by atoms with E-state index in [0.717, 1.165) is 37.2 Å². The lowest BCUT2D eigenvalue weighted by atomic mass is 9.65. The van der Waals surface area contributed by atoms with Gasteiger partial charge in [0, 0.05) is 6.04 Å². The zero-order valence-corrected chi connectivity index (χ0v) is 11.9. The van der Waals surface area contributed by atoms with E-state index in [2.05, 4.69) is 5.43 Å². The Morgan fingerprint density at radius 3 is 2.68 bits per heavy atom. The first-order valence-corrected chi connectivity index (χ1v) is 8.15. The van der Waals surface area contributed by atoms with Crippen LogP contribution >= 0.6 is 0 Å². The number of nitrogens with two attached hydrogens (primary N) is 1. The summed E-state index contributed by atoms with van der Waals surface area (Å²) in [5, 5.41) is 0. The summed E-state index contributed by atoms with van der Waals surface area (Å²) in [5.74, 6) is 8.56. The molecule has 3 N–H and O–H groups in total. The summed E-state index contributed by atoms with van der Waals surface area (Å²) in [6.45, 7) is 0.871. The predicted molar refractivity (Wildman–Crippen MR) is 77.2 cm³/mol. The minimum atomic E-state index is 0.350. The zero-order chi connectivity index (χ0) is 13.1. The Morgan fingerprint density at radius 1 is 1.11 bits per heavy atom. The van der Waals surface area contributed by atoms with E-state index in [9.17, 15) is 0 Å². The van der Waals surface area contributed by atoms with Crippen molar-refractivity contribution in [3.05, 3.63) is 11.8 Å². The second kappa shape index (κ2) is 6.27. The third-order valence-corrected chi connectivity index (χ3v) is 5.59. The minimum Gasteiger partial charge on any atom is -0.501 e. The molecular weight excluding hydrogens is 236 g/mol. The van der Waals surface area contributed by atoms with E-state index in [-0.39, 0.29) is 0 Å². The van der Waals surface area contributed by atoms with Gasteiger partial charge in [-0.1, -0.05) is 25.7 Å². The van der Waals surface area contributed by atoms with Crippen molar-refractivity contribution in [2.45, 2.75) is 63.8 Å². The highest BCUT2D eigenvalue weighted by atomic mass is 16.5. The summed E-state index contributed by atoms with van der Waals surface area (Å²) in [6.07, 6.45) is 14.2. The van der Waals surface area contributed by atoms with Gasteiger partial charge in [0.1, 0.15) is 0 Å². The Hall–Kier alpha value is -0.540. The topological polar surface area (TPSA) is 47.3 Å². The third-order valence-electron chi connectivity index (χ3n) is 5.59. The Balaban J connectivity index is 1.65. The van der Waals surface area contributed by atoms with Crippen LogP contribution in [0.5, 0.6) is 0 Å². The SMILES string of the molecule is NNC(C1=COCCC1)C1CCC2CCCCC2C1. The highest BCUT2D eigenvalue weighted by Crippen LogP contribution is 2.44. The zero-order valence-electron chi connectivity index (χ0n) is 11.9. The number of hydrogen-bond acceptors (Lipinski definition) is 3. The molecule has 1 aliphatic heterocycles. The maximum Gasteiger partial charge on any atom is 0.0876 e. The Bertz CT molecular complexity index is 329. The van der Waals surface area contributed by atoms with Crippen LogP contribution in [0.4, 0.5) is 0 Å². The molecule has 2 aliphatic carbocycles. The molecule has 0 aromatic rings. The van der Waals surface area contributed by atoms with Crippen molar-refractivity contribution in [2.75, 3.05) is 6.61 Å². The summed E-state index contributed by atoms with van der Waals surface area (Å²) in [7, 11) is 0. The summed E-state index contributed by atoms with van der Waals surface area (Å²) in [5.41, 5.74) is 4.49. The van der Waals surface area contributed by atoms with Gasteiger partial charge in [-0.15, -0.1) is 0 Å². The highest BCUT2D eigenvalue weighted by molar-refractivity contribution is 5.12. The molecule has 2 saturated carbocycles. The number of hydrogen-bond donors (Lipinski definition) is 2. The van der Waals surface area contributed by atoms with Crippen molar-refractivity contribution in [1.29, 1.82) is 0 Å². The van der Waals surface area contributed by atoms with Crippen LogP contribution in [0.3, 0.4) is 0 Å². The molecule has 0 amide bonds. The Morgan fingerprint density at radius 2 is 1.95 bits per heavy atom. The van der Waals surface area contributed by atoms with Crippen LogP contribution in [0.1, 0.15) is 57.8 Å². The van der Waals surface area contributed by atoms with Crippen LogP contribution in [0.2, 0.25) is 0 Å². The number of ether oxygens (including phenoxy) is 1. The van der Waals surface area contributed by atoms with Gasteiger partial charge in [0.25, 0.3) is 0 Å². The maximum absolute atomic E-state index is 5.86. The van der Waals surface area contributed by atoms with Crippen molar-refractivity contribution >= 4 is 0 Å². The second-order valence-electron chi connectivity index (χ2n) is 6.69. The van der Waals surface area contributed by atoms with Crippen molar-refractivity contribution in [3.8, 4) is 0 Å². The standard InChI is InChI=1S/C16H28N2O/c17-18-16(15-6-3-9-19-11-15)14-8-7-12-4-1-2-5-13(12)10-14/h11-14,16,18H,1-10,17H2. The van der Waals surface area contributed by atoms with Crippen LogP contribution < -0.4 is 11.3 Å². The molecule has 0 saturated heterocycles. The molecule has 19 heavy (non-hydrogen) atoms. The van der Waals surface area contributed by atoms with E-state index in [1.807, 2.05) is 6.26 Å². The largest absolute Gasteiger partial charge is 0.501 e. The molecule has 4 unspecified atom stereocenters. The molecule has 0 spiro atoms. The quantitative estimate of drug-likeness (QED) is 0.608. The van der Waals surface area contributed by atoms with E-state index < -0.39 is 0 Å². The molecule has 3 aliphatic rings. The van der Waals surface area contributed by atoms with Crippen molar-refractivity contribution in [1.82, 2.24) is 5.43 Å². The molecule has 2 fully saturated rings. The Labute approximate surface area is 116 Å². The number of hydrazine groups is 1. The second-order valence-corrected chi connectivity index (χ2v) is 6.69. The first kappa shape index (κ1) is 13.4. The third kappa shape index (κ3) is 2.97. The summed E-state index contributed by atoms with van der Waals surface area (Å²) in [6, 6.07) is 0.350. The fourth-order valence-electron chi connectivity index (χ4n) is 4.57. The van der Waals surface area contributed by atoms with Gasteiger partial charge in [-0.3, -0.25) is 11.3 Å². The average molecular weight is 264 g/mol. The molecule has 108 valence electrons. The lowest BCUT2D eigenvalue weighted by Crippen LogP contribution is -2.45. The van der Waals surface area contributed by atoms with Gasteiger partial charge in [-0.05, 0) is 55.4 Å². The normalized spacial score (nSPS) is 36.9. The lowest BCUT2D eigenvalue weighted by molar-refractivity contribution is 0.112. The van der Waals surface area contributed by atoms with Crippen molar-refractivity contribution in [3.63, 3.8) is 0 Å². The van der Waals surface area contributed by atoms with Crippen LogP contribution in [0.25, 0.3) is 0 Å². The average Bonchev–Trinajstić information content (AvgIpc) is 2.49. The molecule has 0 radical (unpaired) electrons. The molecule has 0 aromatic carbocycles. The smallest absolute Gasteiger partial charge is 0.0876 e. The highest BCUT2D eigenvalue weighted by Gasteiger charge is 2.36. The molecule has 4 atom stereocenters. The minimum absolute atomic E-state index is 0.350. The van der Waals surface area contributed by atoms with Crippen LogP contribution in [0, 0.1) is 17.8 Å². The molecule has 3 heteroatoms. The molecule has 3 nitrogen and oxygen atoms in total. The van der Waals surface area contributed by atoms with E-state index in [4.69, 9.17) is 10.6 Å². The van der Waals surface area contributed by atoms with Gasteiger partial charge >= 0.3 is 0 Å². The fourth-order valence-corrected chi connectivity index (χ4v) is 4.57. The van der Waals surface area contributed by atoms with Crippen LogP contribution in [0.15, 0.2) is 11.8 Å². The van der Waals surface area contributed by atoms with E-state index in [1.165, 1.54) is 50.5 Å². The Kier molecular flexibility index (Phi) is 4.44. The lowest BCUT2D eigenvalue weighted by Gasteiger charge is -2.42. The first-order chi connectivity index (χ1) is 9.38. The summed E-state index contributed by atoms with van der Waals surface area (Å²) >= 11 is 0. The van der Waals surface area contributed by atoms with Gasteiger partial charge in [0.05, 0.1) is 12.9 Å². The van der Waals surface area contributed by atoms with Crippen molar-refractivity contribution < 1.29 is 4.74 Å². The van der Waals surface area contributed by atoms with Gasteiger partial charge in [-0.25, -0.2) is 0 Å². The van der Waals surface area contributed by atoms with E-state index in [0.29, 0.717) is 6.04 Å². The molecule has 0 aromatic heterocycles. The number of fused-ring (bicyclic) bond motifs is 1. The number of rotatable bonds is 3. The monoisotopic (exact) mass is 264 g/mol. The van der Waals surface area contributed by atoms with Gasteiger partial charge in [-0.2, -0.15) is 0 Å². The predicted octanol–water partition coefficient (Wildman–Crippen LogP) is 3.12. The maximum atomic E-state index is 5.86. The van der Waals surface area contributed by atoms with Gasteiger partial charge in [0.15, 0.2) is 0 Å². The fraction of sp³-hybridized carbons (Fsp3) is 0.875. The van der Waals surface area contributed by atoms with Gasteiger partial charge < -0.3 is 4.74 Å². The molecule has 1 heterocycles. The summed E-state index contributed by atoms with van der Waals surface area (Å²) < 4.78 is 5.50. The first-order valence-electron chi connectivity index (χ1n) is 8.15. The van der Waals surface area contributed by atoms with Crippen LogP contribution in [-0.2, 0) is 4.74 Å². The van der Waals surface area contributed by atoms with Crippen LogP contribution in [-0.4, -0.2) is 12.6 Å². The van der Waals surface area contributed by atoms with Crippen molar-refractivity contribution in [2.24, 2.45) is 23.6 Å². The molecule has 0 bridgehead atoms. The summed E-state index contributed by atoms with van der Waals surface area (Å²) in [4.78, 5) is 0.